The number of amides is 2. The highest BCUT2D eigenvalue weighted by Gasteiger charge is 2.37. The highest BCUT2D eigenvalue weighted by molar-refractivity contribution is 5.99. The van der Waals surface area contributed by atoms with Crippen LogP contribution in [-0.4, -0.2) is 64.2 Å². The van der Waals surface area contributed by atoms with Crippen molar-refractivity contribution in [2.45, 2.75) is 52.3 Å². The third-order valence-electron chi connectivity index (χ3n) is 6.45. The van der Waals surface area contributed by atoms with Crippen LogP contribution < -0.4 is 4.74 Å². The molecule has 0 bridgehead atoms. The van der Waals surface area contributed by atoms with Gasteiger partial charge in [0.2, 0.25) is 0 Å². The summed E-state index contributed by atoms with van der Waals surface area (Å²) in [5.41, 5.74) is 2.11. The molecular formula is C27H32N2O6. The van der Waals surface area contributed by atoms with Crippen molar-refractivity contribution in [1.82, 2.24) is 9.80 Å². The van der Waals surface area contributed by atoms with Gasteiger partial charge in [-0.2, -0.15) is 0 Å². The monoisotopic (exact) mass is 480 g/mol. The second kappa shape index (κ2) is 9.60. The van der Waals surface area contributed by atoms with Gasteiger partial charge in [-0.3, -0.25) is 4.79 Å². The van der Waals surface area contributed by atoms with Crippen LogP contribution in [0.4, 0.5) is 4.79 Å². The number of rotatable bonds is 4. The molecule has 186 valence electrons. The molecule has 2 aliphatic rings. The molecule has 0 radical (unpaired) electrons. The van der Waals surface area contributed by atoms with Gasteiger partial charge >= 0.3 is 12.1 Å². The zero-order valence-corrected chi connectivity index (χ0v) is 20.6. The largest absolute Gasteiger partial charge is 0.491 e. The molecule has 0 aliphatic carbocycles. The number of aromatic carboxylic acids is 1. The first-order valence-electron chi connectivity index (χ1n) is 11.9. The topological polar surface area (TPSA) is 96.4 Å². The van der Waals surface area contributed by atoms with Crippen molar-refractivity contribution in [3.05, 3.63) is 64.7 Å². The summed E-state index contributed by atoms with van der Waals surface area (Å²) in [5.74, 6) is -1.04. The van der Waals surface area contributed by atoms with Crippen LogP contribution in [0, 0.1) is 5.92 Å². The maximum atomic E-state index is 13.3. The van der Waals surface area contributed by atoms with Gasteiger partial charge in [0, 0.05) is 19.1 Å². The first-order valence-corrected chi connectivity index (χ1v) is 11.9. The van der Waals surface area contributed by atoms with Gasteiger partial charge in [-0.1, -0.05) is 31.2 Å². The van der Waals surface area contributed by atoms with Gasteiger partial charge in [0.1, 0.15) is 18.0 Å². The quantitative estimate of drug-likeness (QED) is 0.704. The number of hydrogen-bond acceptors (Lipinski definition) is 5. The van der Waals surface area contributed by atoms with Crippen molar-refractivity contribution in [2.75, 3.05) is 19.7 Å². The lowest BCUT2D eigenvalue weighted by Crippen LogP contribution is -2.52. The van der Waals surface area contributed by atoms with Gasteiger partial charge in [0.05, 0.1) is 17.7 Å². The zero-order chi connectivity index (χ0) is 25.3. The molecular weight excluding hydrogens is 448 g/mol. The Bertz CT molecular complexity index is 1140. The Balaban J connectivity index is 1.56. The molecule has 0 saturated carbocycles. The van der Waals surface area contributed by atoms with E-state index >= 15 is 0 Å². The number of benzene rings is 2. The molecule has 2 amide bonds. The van der Waals surface area contributed by atoms with Crippen molar-refractivity contribution >= 4 is 18.0 Å². The van der Waals surface area contributed by atoms with E-state index in [1.807, 2.05) is 45.9 Å². The molecule has 2 aromatic carbocycles. The molecule has 2 aliphatic heterocycles. The lowest BCUT2D eigenvalue weighted by molar-refractivity contribution is 0.00325. The Hall–Kier alpha value is -3.55. The van der Waals surface area contributed by atoms with Crippen LogP contribution >= 0.6 is 0 Å². The predicted molar refractivity (Wildman–Crippen MR) is 130 cm³/mol. The number of hydrogen-bond donors (Lipinski definition) is 1. The van der Waals surface area contributed by atoms with Gasteiger partial charge < -0.3 is 24.4 Å². The molecule has 35 heavy (non-hydrogen) atoms. The first-order chi connectivity index (χ1) is 16.5. The average Bonchev–Trinajstić information content (AvgIpc) is 2.95. The molecule has 0 fully saturated rings. The molecule has 1 N–H and O–H groups in total. The van der Waals surface area contributed by atoms with Crippen LogP contribution in [-0.2, 0) is 17.7 Å². The smallest absolute Gasteiger partial charge is 0.410 e. The summed E-state index contributed by atoms with van der Waals surface area (Å²) in [6.07, 6.45) is 0.314. The van der Waals surface area contributed by atoms with Crippen LogP contribution in [0.5, 0.6) is 5.75 Å². The highest BCUT2D eigenvalue weighted by Crippen LogP contribution is 2.31. The minimum Gasteiger partial charge on any atom is -0.491 e. The minimum absolute atomic E-state index is 0.0420. The fourth-order valence-corrected chi connectivity index (χ4v) is 4.71. The summed E-state index contributed by atoms with van der Waals surface area (Å²) in [6.45, 7) is 9.11. The maximum Gasteiger partial charge on any atom is 0.410 e. The van der Waals surface area contributed by atoms with Gasteiger partial charge in [0.25, 0.3) is 5.91 Å². The molecule has 0 saturated heterocycles. The predicted octanol–water partition coefficient (Wildman–Crippen LogP) is 4.22. The Morgan fingerprint density at radius 2 is 1.89 bits per heavy atom. The Kier molecular flexibility index (Phi) is 6.74. The van der Waals surface area contributed by atoms with Gasteiger partial charge in [-0.05, 0) is 62.4 Å². The second-order valence-corrected chi connectivity index (χ2v) is 10.2. The normalized spacial score (nSPS) is 18.6. The summed E-state index contributed by atoms with van der Waals surface area (Å²) in [6, 6.07) is 12.3. The molecule has 0 unspecified atom stereocenters. The van der Waals surface area contributed by atoms with Crippen LogP contribution in [0.2, 0.25) is 0 Å². The molecule has 2 aromatic rings. The summed E-state index contributed by atoms with van der Waals surface area (Å²) in [5, 5.41) is 9.25. The third-order valence-corrected chi connectivity index (χ3v) is 6.45. The number of carboxylic acids is 1. The summed E-state index contributed by atoms with van der Waals surface area (Å²) in [7, 11) is 0. The molecule has 4 rings (SSSR count). The third kappa shape index (κ3) is 5.42. The molecule has 2 heterocycles. The number of carboxylic acid groups (broad SMARTS) is 1. The van der Waals surface area contributed by atoms with E-state index in [1.54, 1.807) is 9.80 Å². The number of nitrogens with zero attached hydrogens (tertiary/aromatic N) is 2. The Labute approximate surface area is 205 Å². The number of carbonyl (C=O) groups excluding carboxylic acids is 2. The van der Waals surface area contributed by atoms with Gasteiger partial charge in [0.15, 0.2) is 0 Å². The minimum atomic E-state index is -1.07. The van der Waals surface area contributed by atoms with E-state index in [1.165, 1.54) is 23.8 Å². The molecule has 2 atom stereocenters. The number of fused-ring (bicyclic) bond motifs is 2. The fraction of sp³-hybridized carbons (Fsp3) is 0.444. The van der Waals surface area contributed by atoms with Crippen LogP contribution in [0.15, 0.2) is 42.5 Å². The van der Waals surface area contributed by atoms with E-state index in [-0.39, 0.29) is 41.9 Å². The maximum absolute atomic E-state index is 13.3. The lowest BCUT2D eigenvalue weighted by atomic mass is 9.87. The van der Waals surface area contributed by atoms with E-state index in [9.17, 15) is 19.5 Å². The number of carbonyl (C=O) groups is 3. The van der Waals surface area contributed by atoms with E-state index in [0.717, 1.165) is 5.56 Å². The second-order valence-electron chi connectivity index (χ2n) is 10.2. The first kappa shape index (κ1) is 24.6. The van der Waals surface area contributed by atoms with Crippen molar-refractivity contribution in [1.29, 1.82) is 0 Å². The summed E-state index contributed by atoms with van der Waals surface area (Å²) < 4.78 is 11.4. The van der Waals surface area contributed by atoms with E-state index in [0.29, 0.717) is 31.6 Å². The average molecular weight is 481 g/mol. The van der Waals surface area contributed by atoms with E-state index in [2.05, 4.69) is 6.07 Å². The van der Waals surface area contributed by atoms with Gasteiger partial charge in [-0.25, -0.2) is 9.59 Å². The zero-order valence-electron chi connectivity index (χ0n) is 20.6. The summed E-state index contributed by atoms with van der Waals surface area (Å²) >= 11 is 0. The molecule has 8 nitrogen and oxygen atoms in total. The highest BCUT2D eigenvalue weighted by atomic mass is 16.6. The Morgan fingerprint density at radius 3 is 2.57 bits per heavy atom. The molecule has 0 spiro atoms. The van der Waals surface area contributed by atoms with Crippen LogP contribution in [0.25, 0.3) is 0 Å². The molecule has 8 heteroatoms. The van der Waals surface area contributed by atoms with E-state index in [4.69, 9.17) is 9.47 Å². The SMILES string of the molecule is C[C@H](CN1CCOc2cc(C(=O)O)ccc2C1=O)[C@@H]1Cc2ccccc2CN1C(=O)OC(C)(C)C. The fourth-order valence-electron chi connectivity index (χ4n) is 4.71. The summed E-state index contributed by atoms with van der Waals surface area (Å²) in [4.78, 5) is 41.3. The van der Waals surface area contributed by atoms with Crippen molar-refractivity contribution in [3.63, 3.8) is 0 Å². The van der Waals surface area contributed by atoms with Gasteiger partial charge in [-0.15, -0.1) is 0 Å². The lowest BCUT2D eigenvalue weighted by Gasteiger charge is -2.41. The van der Waals surface area contributed by atoms with Crippen LogP contribution in [0.1, 0.15) is 59.5 Å². The number of ether oxygens (including phenoxy) is 2. The van der Waals surface area contributed by atoms with E-state index < -0.39 is 11.6 Å². The molecule has 0 aromatic heterocycles. The van der Waals surface area contributed by atoms with Crippen LogP contribution in [0.3, 0.4) is 0 Å². The van der Waals surface area contributed by atoms with Crippen molar-refractivity contribution in [3.8, 4) is 5.75 Å². The standard InChI is InChI=1S/C27H32N2O6/c1-17(15-28-11-12-34-23-14-19(25(31)32)9-10-21(23)24(28)30)22-13-18-7-5-6-8-20(18)16-29(22)26(33)35-27(2,3)4/h5-10,14,17,22H,11-13,15-16H2,1-4H3,(H,31,32)/t17-,22+/m1/s1. The van der Waals surface area contributed by atoms with Crippen molar-refractivity contribution in [2.24, 2.45) is 5.92 Å². The Morgan fingerprint density at radius 1 is 1.17 bits per heavy atom. The van der Waals surface area contributed by atoms with Crippen molar-refractivity contribution < 1.29 is 29.0 Å².